The highest BCUT2D eigenvalue weighted by Gasteiger charge is 2.14. The molecule has 1 heteroatoms. The molecule has 0 bridgehead atoms. The third kappa shape index (κ3) is 4.35. The number of rotatable bonds is 4. The van der Waals surface area contributed by atoms with Gasteiger partial charge < -0.3 is 5.32 Å². The van der Waals surface area contributed by atoms with Crippen LogP contribution in [0.2, 0.25) is 0 Å². The van der Waals surface area contributed by atoms with Gasteiger partial charge in [-0.25, -0.2) is 0 Å². The lowest BCUT2D eigenvalue weighted by Crippen LogP contribution is -2.26. The molecule has 1 atom stereocenters. The summed E-state index contributed by atoms with van der Waals surface area (Å²) in [4.78, 5) is 0. The zero-order valence-corrected chi connectivity index (χ0v) is 12.8. The van der Waals surface area contributed by atoms with E-state index in [-0.39, 0.29) is 0 Å². The van der Waals surface area contributed by atoms with Crippen LogP contribution in [0.1, 0.15) is 68.2 Å². The van der Waals surface area contributed by atoms with E-state index >= 15 is 0 Å². The van der Waals surface area contributed by atoms with Crippen LogP contribution in [0.4, 0.5) is 0 Å². The summed E-state index contributed by atoms with van der Waals surface area (Å²) in [6, 6.07) is 7.26. The third-order valence-corrected chi connectivity index (χ3v) is 4.59. The largest absolute Gasteiger partial charge is 0.310 e. The topological polar surface area (TPSA) is 12.0 Å². The Hall–Kier alpha value is -0.820. The van der Waals surface area contributed by atoms with Gasteiger partial charge in [0.1, 0.15) is 0 Å². The van der Waals surface area contributed by atoms with Gasteiger partial charge in [-0.05, 0) is 57.2 Å². The van der Waals surface area contributed by atoms with Crippen molar-refractivity contribution in [3.63, 3.8) is 0 Å². The molecule has 1 aromatic rings. The normalized spacial score (nSPS) is 19.1. The van der Waals surface area contributed by atoms with E-state index in [0.29, 0.717) is 6.04 Å². The van der Waals surface area contributed by atoms with Gasteiger partial charge in [0.15, 0.2) is 0 Å². The lowest BCUT2D eigenvalue weighted by molar-refractivity contribution is 0.402. The van der Waals surface area contributed by atoms with Crippen LogP contribution in [0.15, 0.2) is 18.2 Å². The van der Waals surface area contributed by atoms with Crippen molar-refractivity contribution >= 4 is 0 Å². The second-order valence-corrected chi connectivity index (χ2v) is 6.35. The van der Waals surface area contributed by atoms with Gasteiger partial charge >= 0.3 is 0 Å². The maximum atomic E-state index is 3.76. The Morgan fingerprint density at radius 1 is 1.11 bits per heavy atom. The molecule has 0 radical (unpaired) electrons. The molecule has 106 valence electrons. The van der Waals surface area contributed by atoms with Crippen LogP contribution in [0.3, 0.4) is 0 Å². The zero-order valence-electron chi connectivity index (χ0n) is 12.8. The zero-order chi connectivity index (χ0) is 13.7. The Balaban J connectivity index is 1.89. The van der Waals surface area contributed by atoms with Gasteiger partial charge in [-0.15, -0.1) is 0 Å². The molecule has 1 aromatic carbocycles. The van der Waals surface area contributed by atoms with E-state index in [0.717, 1.165) is 5.92 Å². The predicted molar refractivity (Wildman–Crippen MR) is 83.5 cm³/mol. The van der Waals surface area contributed by atoms with Gasteiger partial charge in [-0.2, -0.15) is 0 Å². The van der Waals surface area contributed by atoms with Crippen molar-refractivity contribution in [1.29, 1.82) is 0 Å². The fraction of sp³-hybridized carbons (Fsp3) is 0.667. The van der Waals surface area contributed by atoms with Crippen molar-refractivity contribution in [1.82, 2.24) is 5.32 Å². The number of hydrogen-bond acceptors (Lipinski definition) is 1. The van der Waals surface area contributed by atoms with E-state index in [9.17, 15) is 0 Å². The van der Waals surface area contributed by atoms with E-state index < -0.39 is 0 Å². The van der Waals surface area contributed by atoms with Crippen molar-refractivity contribution in [2.75, 3.05) is 6.54 Å². The minimum absolute atomic E-state index is 0.475. The van der Waals surface area contributed by atoms with Crippen molar-refractivity contribution in [2.45, 2.75) is 65.3 Å². The van der Waals surface area contributed by atoms with E-state index in [2.05, 4.69) is 44.3 Å². The molecular formula is C18H29N. The van der Waals surface area contributed by atoms with Crippen molar-refractivity contribution in [2.24, 2.45) is 5.92 Å². The van der Waals surface area contributed by atoms with Crippen LogP contribution < -0.4 is 5.32 Å². The van der Waals surface area contributed by atoms with Crippen molar-refractivity contribution in [3.05, 3.63) is 34.9 Å². The Labute approximate surface area is 118 Å². The van der Waals surface area contributed by atoms with Gasteiger partial charge in [-0.3, -0.25) is 0 Å². The summed E-state index contributed by atoms with van der Waals surface area (Å²) in [5, 5.41) is 3.76. The minimum Gasteiger partial charge on any atom is -0.310 e. The van der Waals surface area contributed by atoms with Crippen LogP contribution in [-0.4, -0.2) is 6.54 Å². The first-order valence-electron chi connectivity index (χ1n) is 7.97. The Kier molecular flexibility index (Phi) is 5.45. The summed E-state index contributed by atoms with van der Waals surface area (Å²) in [6.07, 6.45) is 8.61. The highest BCUT2D eigenvalue weighted by Crippen LogP contribution is 2.24. The SMILES string of the molecule is Cc1ccc(C)c(C(C)NCC2CCCCCC2)c1. The molecule has 1 N–H and O–H groups in total. The average Bonchev–Trinajstić information content (AvgIpc) is 2.67. The van der Waals surface area contributed by atoms with Crippen molar-refractivity contribution in [3.8, 4) is 0 Å². The third-order valence-electron chi connectivity index (χ3n) is 4.59. The molecule has 0 aromatic heterocycles. The molecule has 0 spiro atoms. The molecular weight excluding hydrogens is 230 g/mol. The fourth-order valence-electron chi connectivity index (χ4n) is 3.25. The molecule has 1 saturated carbocycles. The molecule has 1 nitrogen and oxygen atoms in total. The molecule has 0 aliphatic heterocycles. The Morgan fingerprint density at radius 2 is 1.79 bits per heavy atom. The lowest BCUT2D eigenvalue weighted by Gasteiger charge is -2.21. The van der Waals surface area contributed by atoms with Crippen LogP contribution in [0, 0.1) is 19.8 Å². The molecule has 0 amide bonds. The standard InChI is InChI=1S/C18H29N/c1-14-10-11-15(2)18(12-14)16(3)19-13-17-8-6-4-5-7-9-17/h10-12,16-17,19H,4-9,13H2,1-3H3. The Morgan fingerprint density at radius 3 is 2.47 bits per heavy atom. The summed E-state index contributed by atoms with van der Waals surface area (Å²) in [7, 11) is 0. The average molecular weight is 259 g/mol. The van der Waals surface area contributed by atoms with Crippen LogP contribution in [0.5, 0.6) is 0 Å². The van der Waals surface area contributed by atoms with Crippen molar-refractivity contribution < 1.29 is 0 Å². The fourth-order valence-corrected chi connectivity index (χ4v) is 3.25. The molecule has 1 aliphatic rings. The number of hydrogen-bond donors (Lipinski definition) is 1. The summed E-state index contributed by atoms with van der Waals surface area (Å²) in [5.41, 5.74) is 4.24. The van der Waals surface area contributed by atoms with Crippen LogP contribution >= 0.6 is 0 Å². The maximum Gasteiger partial charge on any atom is 0.0294 e. The van der Waals surface area contributed by atoms with Gasteiger partial charge in [0.2, 0.25) is 0 Å². The highest BCUT2D eigenvalue weighted by molar-refractivity contribution is 5.32. The first-order chi connectivity index (χ1) is 9.16. The molecule has 0 heterocycles. The molecule has 1 aliphatic carbocycles. The second-order valence-electron chi connectivity index (χ2n) is 6.35. The molecule has 0 saturated heterocycles. The monoisotopic (exact) mass is 259 g/mol. The number of aryl methyl sites for hydroxylation is 2. The van der Waals surface area contributed by atoms with Gasteiger partial charge in [-0.1, -0.05) is 49.4 Å². The summed E-state index contributed by atoms with van der Waals surface area (Å²) in [6.45, 7) is 7.90. The van der Waals surface area contributed by atoms with Crippen LogP contribution in [-0.2, 0) is 0 Å². The number of nitrogens with one attached hydrogen (secondary N) is 1. The molecule has 19 heavy (non-hydrogen) atoms. The van der Waals surface area contributed by atoms with Gasteiger partial charge in [0.05, 0.1) is 0 Å². The van der Waals surface area contributed by atoms with Gasteiger partial charge in [0, 0.05) is 6.04 Å². The van der Waals surface area contributed by atoms with E-state index in [1.807, 2.05) is 0 Å². The predicted octanol–water partition coefficient (Wildman–Crippen LogP) is 4.92. The van der Waals surface area contributed by atoms with E-state index in [1.54, 1.807) is 0 Å². The maximum absolute atomic E-state index is 3.76. The van der Waals surface area contributed by atoms with Gasteiger partial charge in [0.25, 0.3) is 0 Å². The molecule has 1 unspecified atom stereocenters. The molecule has 1 fully saturated rings. The van der Waals surface area contributed by atoms with E-state index in [4.69, 9.17) is 0 Å². The smallest absolute Gasteiger partial charge is 0.0294 e. The second kappa shape index (κ2) is 7.09. The summed E-state index contributed by atoms with van der Waals surface area (Å²) < 4.78 is 0. The van der Waals surface area contributed by atoms with Crippen LogP contribution in [0.25, 0.3) is 0 Å². The summed E-state index contributed by atoms with van der Waals surface area (Å²) in [5.74, 6) is 0.898. The minimum atomic E-state index is 0.475. The number of benzene rings is 1. The van der Waals surface area contributed by atoms with E-state index in [1.165, 1.54) is 61.8 Å². The first kappa shape index (κ1) is 14.6. The first-order valence-corrected chi connectivity index (χ1v) is 7.97. The molecule has 2 rings (SSSR count). The highest BCUT2D eigenvalue weighted by atomic mass is 14.9. The Bertz CT molecular complexity index is 389. The quantitative estimate of drug-likeness (QED) is 0.756. The summed E-state index contributed by atoms with van der Waals surface area (Å²) >= 11 is 0. The lowest BCUT2D eigenvalue weighted by atomic mass is 9.97.